The lowest BCUT2D eigenvalue weighted by molar-refractivity contribution is -0.116. The molecule has 27 heavy (non-hydrogen) atoms. The van der Waals surface area contributed by atoms with Crippen molar-refractivity contribution < 1.29 is 18.7 Å². The number of ether oxygens (including phenoxy) is 1. The molecule has 9 heteroatoms. The SMILES string of the molecule is COC(=O)c1ccc(NC(=O)Cn2c(=O)c(=O)[nH]c3cc(F)ccc32)cc1. The third kappa shape index (κ3) is 3.76. The van der Waals surface area contributed by atoms with E-state index in [9.17, 15) is 23.6 Å². The van der Waals surface area contributed by atoms with Gasteiger partial charge in [0.15, 0.2) is 0 Å². The smallest absolute Gasteiger partial charge is 0.337 e. The molecule has 3 aromatic rings. The van der Waals surface area contributed by atoms with Gasteiger partial charge in [-0.15, -0.1) is 0 Å². The first-order chi connectivity index (χ1) is 12.9. The van der Waals surface area contributed by atoms with Crippen molar-refractivity contribution in [3.05, 3.63) is 74.6 Å². The van der Waals surface area contributed by atoms with Gasteiger partial charge in [-0.25, -0.2) is 9.18 Å². The molecule has 8 nitrogen and oxygen atoms in total. The van der Waals surface area contributed by atoms with Gasteiger partial charge < -0.3 is 15.0 Å². The molecule has 0 saturated heterocycles. The minimum atomic E-state index is -0.955. The van der Waals surface area contributed by atoms with E-state index in [1.807, 2.05) is 0 Å². The van der Waals surface area contributed by atoms with E-state index in [1.165, 1.54) is 37.4 Å². The molecule has 0 unspecified atom stereocenters. The number of nitrogens with zero attached hydrogens (tertiary/aromatic N) is 1. The number of methoxy groups -OCH3 is 1. The molecule has 2 N–H and O–H groups in total. The van der Waals surface area contributed by atoms with Crippen molar-refractivity contribution in [2.45, 2.75) is 6.54 Å². The molecule has 138 valence electrons. The van der Waals surface area contributed by atoms with E-state index in [0.29, 0.717) is 11.3 Å². The van der Waals surface area contributed by atoms with Crippen LogP contribution in [0.15, 0.2) is 52.1 Å². The van der Waals surface area contributed by atoms with E-state index in [0.717, 1.165) is 16.7 Å². The van der Waals surface area contributed by atoms with Gasteiger partial charge in [0.1, 0.15) is 12.4 Å². The fourth-order valence-electron chi connectivity index (χ4n) is 2.56. The van der Waals surface area contributed by atoms with Crippen LogP contribution in [0.4, 0.5) is 10.1 Å². The average molecular weight is 371 g/mol. The Morgan fingerprint density at radius 2 is 1.85 bits per heavy atom. The van der Waals surface area contributed by atoms with Gasteiger partial charge in [0.2, 0.25) is 5.91 Å². The monoisotopic (exact) mass is 371 g/mol. The summed E-state index contributed by atoms with van der Waals surface area (Å²) in [6.45, 7) is -0.441. The van der Waals surface area contributed by atoms with E-state index < -0.39 is 35.4 Å². The molecule has 0 radical (unpaired) electrons. The average Bonchev–Trinajstić information content (AvgIpc) is 2.65. The Morgan fingerprint density at radius 1 is 1.15 bits per heavy atom. The van der Waals surface area contributed by atoms with Crippen LogP contribution >= 0.6 is 0 Å². The number of carbonyl (C=O) groups excluding carboxylic acids is 2. The van der Waals surface area contributed by atoms with Gasteiger partial charge in [0.05, 0.1) is 23.7 Å². The van der Waals surface area contributed by atoms with Gasteiger partial charge in [0, 0.05) is 5.69 Å². The molecule has 0 aliphatic rings. The van der Waals surface area contributed by atoms with E-state index in [4.69, 9.17) is 0 Å². The number of halogens is 1. The maximum Gasteiger partial charge on any atom is 0.337 e. The zero-order valence-electron chi connectivity index (χ0n) is 14.1. The molecule has 1 heterocycles. The maximum atomic E-state index is 13.3. The molecule has 0 atom stereocenters. The molecule has 1 amide bonds. The number of hydrogen-bond acceptors (Lipinski definition) is 5. The quantitative estimate of drug-likeness (QED) is 0.530. The van der Waals surface area contributed by atoms with Crippen LogP contribution in [0.5, 0.6) is 0 Å². The number of fused-ring (bicyclic) bond motifs is 1. The van der Waals surface area contributed by atoms with Gasteiger partial charge in [-0.05, 0) is 42.5 Å². The summed E-state index contributed by atoms with van der Waals surface area (Å²) in [5, 5.41) is 2.56. The third-order valence-electron chi connectivity index (χ3n) is 3.83. The Kier molecular flexibility index (Phi) is 4.84. The van der Waals surface area contributed by atoms with Gasteiger partial charge in [-0.2, -0.15) is 0 Å². The highest BCUT2D eigenvalue weighted by molar-refractivity contribution is 5.93. The van der Waals surface area contributed by atoms with Gasteiger partial charge in [0.25, 0.3) is 0 Å². The van der Waals surface area contributed by atoms with Crippen LogP contribution in [0.1, 0.15) is 10.4 Å². The fraction of sp³-hybridized carbons (Fsp3) is 0.111. The van der Waals surface area contributed by atoms with Gasteiger partial charge >= 0.3 is 17.1 Å². The van der Waals surface area contributed by atoms with Crippen molar-refractivity contribution in [1.29, 1.82) is 0 Å². The zero-order valence-corrected chi connectivity index (χ0v) is 14.1. The van der Waals surface area contributed by atoms with Crippen LogP contribution in [0.2, 0.25) is 0 Å². The normalized spacial score (nSPS) is 10.6. The second-order valence-corrected chi connectivity index (χ2v) is 5.62. The predicted octanol–water partition coefficient (Wildman–Crippen LogP) is 1.25. The predicted molar refractivity (Wildman–Crippen MR) is 95.2 cm³/mol. The van der Waals surface area contributed by atoms with Crippen molar-refractivity contribution >= 4 is 28.6 Å². The van der Waals surface area contributed by atoms with Crippen molar-refractivity contribution in [2.75, 3.05) is 12.4 Å². The molecule has 0 fully saturated rings. The lowest BCUT2D eigenvalue weighted by Gasteiger charge is -2.10. The lowest BCUT2D eigenvalue weighted by Crippen LogP contribution is -2.38. The van der Waals surface area contributed by atoms with E-state index >= 15 is 0 Å². The van der Waals surface area contributed by atoms with Gasteiger partial charge in [-0.3, -0.25) is 19.0 Å². The molecule has 1 aromatic heterocycles. The minimum Gasteiger partial charge on any atom is -0.465 e. The summed E-state index contributed by atoms with van der Waals surface area (Å²) < 4.78 is 18.9. The number of nitrogens with one attached hydrogen (secondary N) is 2. The Balaban J connectivity index is 1.86. The second-order valence-electron chi connectivity index (χ2n) is 5.62. The Hall–Kier alpha value is -3.75. The number of aromatic nitrogens is 2. The summed E-state index contributed by atoms with van der Waals surface area (Å²) in [5.74, 6) is -1.67. The number of amides is 1. The molecule has 3 rings (SSSR count). The van der Waals surface area contributed by atoms with Crippen molar-refractivity contribution in [1.82, 2.24) is 9.55 Å². The molecule has 0 aliphatic heterocycles. The first-order valence-corrected chi connectivity index (χ1v) is 7.79. The topological polar surface area (TPSA) is 110 Å². The van der Waals surface area contributed by atoms with Crippen LogP contribution in [-0.2, 0) is 16.1 Å². The summed E-state index contributed by atoms with van der Waals surface area (Å²) >= 11 is 0. The fourth-order valence-corrected chi connectivity index (χ4v) is 2.56. The van der Waals surface area contributed by atoms with Crippen LogP contribution in [0.25, 0.3) is 11.0 Å². The number of esters is 1. The number of carbonyl (C=O) groups is 2. The summed E-state index contributed by atoms with van der Waals surface area (Å²) in [6.07, 6.45) is 0. The number of aromatic amines is 1. The standard InChI is InChI=1S/C18H14FN3O5/c1-27-18(26)10-2-5-12(6-3-10)20-15(23)9-22-14-7-4-11(19)8-13(14)21-16(24)17(22)25/h2-8H,9H2,1H3,(H,20,23)(H,21,24). The van der Waals surface area contributed by atoms with Crippen molar-refractivity contribution in [2.24, 2.45) is 0 Å². The first kappa shape index (κ1) is 18.1. The highest BCUT2D eigenvalue weighted by Gasteiger charge is 2.13. The first-order valence-electron chi connectivity index (χ1n) is 7.79. The number of H-pyrrole nitrogens is 1. The zero-order chi connectivity index (χ0) is 19.6. The molecule has 0 saturated carbocycles. The van der Waals surface area contributed by atoms with Crippen LogP contribution < -0.4 is 16.4 Å². The van der Waals surface area contributed by atoms with Crippen LogP contribution in [0.3, 0.4) is 0 Å². The Morgan fingerprint density at radius 3 is 2.52 bits per heavy atom. The second kappa shape index (κ2) is 7.24. The molecule has 0 spiro atoms. The third-order valence-corrected chi connectivity index (χ3v) is 3.83. The molecular formula is C18H14FN3O5. The van der Waals surface area contributed by atoms with Crippen molar-refractivity contribution in [3.8, 4) is 0 Å². The summed E-state index contributed by atoms with van der Waals surface area (Å²) in [4.78, 5) is 49.8. The summed E-state index contributed by atoms with van der Waals surface area (Å²) in [6, 6.07) is 9.44. The highest BCUT2D eigenvalue weighted by atomic mass is 19.1. The van der Waals surface area contributed by atoms with E-state index in [1.54, 1.807) is 0 Å². The Bertz CT molecular complexity index is 1150. The Labute approximate surface area is 151 Å². The maximum absolute atomic E-state index is 13.3. The number of anilines is 1. The van der Waals surface area contributed by atoms with Crippen LogP contribution in [-0.4, -0.2) is 28.5 Å². The van der Waals surface area contributed by atoms with E-state index in [-0.39, 0.29) is 11.0 Å². The van der Waals surface area contributed by atoms with Crippen molar-refractivity contribution in [3.63, 3.8) is 0 Å². The highest BCUT2D eigenvalue weighted by Crippen LogP contribution is 2.12. The number of benzene rings is 2. The van der Waals surface area contributed by atoms with E-state index in [2.05, 4.69) is 15.0 Å². The molecular weight excluding hydrogens is 357 g/mol. The number of hydrogen-bond donors (Lipinski definition) is 2. The summed E-state index contributed by atoms with van der Waals surface area (Å²) in [7, 11) is 1.26. The lowest BCUT2D eigenvalue weighted by atomic mass is 10.2. The molecule has 0 bridgehead atoms. The van der Waals surface area contributed by atoms with Crippen LogP contribution in [0, 0.1) is 5.82 Å². The molecule has 0 aliphatic carbocycles. The number of rotatable bonds is 4. The van der Waals surface area contributed by atoms with Gasteiger partial charge in [-0.1, -0.05) is 0 Å². The minimum absolute atomic E-state index is 0.106. The molecule has 2 aromatic carbocycles. The largest absolute Gasteiger partial charge is 0.465 e. The summed E-state index contributed by atoms with van der Waals surface area (Å²) in [5.41, 5.74) is -0.851.